The summed E-state index contributed by atoms with van der Waals surface area (Å²) in [6, 6.07) is 3.77. The summed E-state index contributed by atoms with van der Waals surface area (Å²) in [6.45, 7) is 0.900. The van der Waals surface area contributed by atoms with Crippen molar-refractivity contribution in [3.05, 3.63) is 41.2 Å². The number of rotatable bonds is 5. The highest BCUT2D eigenvalue weighted by Gasteiger charge is 2.31. The van der Waals surface area contributed by atoms with Crippen molar-refractivity contribution in [1.29, 1.82) is 0 Å². The average molecular weight is 327 g/mol. The van der Waals surface area contributed by atoms with Gasteiger partial charge in [-0.05, 0) is 24.1 Å². The van der Waals surface area contributed by atoms with Crippen molar-refractivity contribution in [2.45, 2.75) is 25.2 Å². The second-order valence-corrected chi connectivity index (χ2v) is 5.71. The van der Waals surface area contributed by atoms with Crippen molar-refractivity contribution in [2.75, 3.05) is 19.0 Å². The van der Waals surface area contributed by atoms with Crippen LogP contribution in [0.1, 0.15) is 23.9 Å². The minimum Gasteiger partial charge on any atom is -0.377 e. The molecule has 2 unspecified atom stereocenters. The zero-order chi connectivity index (χ0) is 15.5. The predicted molar refractivity (Wildman–Crippen MR) is 77.7 cm³/mol. The fourth-order valence-corrected chi connectivity index (χ4v) is 3.05. The first-order valence-corrected chi connectivity index (χ1v) is 7.59. The Labute approximate surface area is 130 Å². The normalized spacial score (nSPS) is 21.2. The van der Waals surface area contributed by atoms with E-state index in [0.717, 1.165) is 12.5 Å². The number of methoxy groups -OCH3 is 1. The van der Waals surface area contributed by atoms with Gasteiger partial charge in [-0.2, -0.15) is 4.37 Å². The molecule has 1 aliphatic heterocycles. The molecule has 1 aromatic carbocycles. The Hall–Kier alpha value is -1.64. The molecule has 22 heavy (non-hydrogen) atoms. The van der Waals surface area contributed by atoms with Crippen LogP contribution in [0.15, 0.2) is 18.2 Å². The van der Waals surface area contributed by atoms with Gasteiger partial charge < -0.3 is 14.8 Å². The summed E-state index contributed by atoms with van der Waals surface area (Å²) in [5.41, 5.74) is 0.607. The van der Waals surface area contributed by atoms with Gasteiger partial charge in [0.05, 0.1) is 6.04 Å². The molecule has 8 heteroatoms. The van der Waals surface area contributed by atoms with Gasteiger partial charge in [0.15, 0.2) is 17.5 Å². The summed E-state index contributed by atoms with van der Waals surface area (Å²) in [5.74, 6) is -1.12. The maximum absolute atomic E-state index is 13.4. The standard InChI is InChI=1S/C14H15F2N3O2S/c1-20-7-12-18-14(22-19-12)17-11-4-5-21-13(11)8-2-3-9(15)10(16)6-8/h2-3,6,11,13H,4-5,7H2,1H3,(H,17,18,19). The zero-order valence-corrected chi connectivity index (χ0v) is 12.7. The molecule has 0 radical (unpaired) electrons. The molecule has 1 aromatic heterocycles. The highest BCUT2D eigenvalue weighted by molar-refractivity contribution is 7.09. The molecule has 0 aliphatic carbocycles. The summed E-state index contributed by atoms with van der Waals surface area (Å²) >= 11 is 1.24. The quantitative estimate of drug-likeness (QED) is 0.915. The van der Waals surface area contributed by atoms with Crippen LogP contribution in [0.4, 0.5) is 13.9 Å². The fraction of sp³-hybridized carbons (Fsp3) is 0.429. The van der Waals surface area contributed by atoms with Gasteiger partial charge >= 0.3 is 0 Å². The number of nitrogens with one attached hydrogen (secondary N) is 1. The van der Waals surface area contributed by atoms with Crippen LogP contribution in [0.3, 0.4) is 0 Å². The lowest BCUT2D eigenvalue weighted by Crippen LogP contribution is -2.23. The monoisotopic (exact) mass is 327 g/mol. The van der Waals surface area contributed by atoms with Gasteiger partial charge in [-0.15, -0.1) is 0 Å². The van der Waals surface area contributed by atoms with Gasteiger partial charge in [0.2, 0.25) is 5.13 Å². The first-order valence-electron chi connectivity index (χ1n) is 6.82. The highest BCUT2D eigenvalue weighted by Crippen LogP contribution is 2.32. The Bertz CT molecular complexity index is 653. The van der Waals surface area contributed by atoms with E-state index in [1.165, 1.54) is 17.6 Å². The van der Waals surface area contributed by atoms with Crippen LogP contribution < -0.4 is 5.32 Å². The van der Waals surface area contributed by atoms with E-state index in [0.29, 0.717) is 29.7 Å². The molecule has 2 aromatic rings. The van der Waals surface area contributed by atoms with Gasteiger partial charge in [0, 0.05) is 25.2 Å². The van der Waals surface area contributed by atoms with Crippen LogP contribution in [0, 0.1) is 11.6 Å². The molecule has 2 heterocycles. The number of hydrogen-bond donors (Lipinski definition) is 1. The molecule has 3 rings (SSSR count). The Morgan fingerprint density at radius 2 is 2.27 bits per heavy atom. The molecule has 1 fully saturated rings. The second kappa shape index (κ2) is 6.64. The Kier molecular flexibility index (Phi) is 4.60. The van der Waals surface area contributed by atoms with Crippen molar-refractivity contribution >= 4 is 16.7 Å². The predicted octanol–water partition coefficient (Wildman–Crippen LogP) is 2.90. The van der Waals surface area contributed by atoms with Crippen LogP contribution in [-0.2, 0) is 16.1 Å². The van der Waals surface area contributed by atoms with E-state index < -0.39 is 11.6 Å². The smallest absolute Gasteiger partial charge is 0.202 e. The van der Waals surface area contributed by atoms with Crippen LogP contribution in [-0.4, -0.2) is 29.1 Å². The Morgan fingerprint density at radius 1 is 1.41 bits per heavy atom. The SMILES string of the molecule is COCc1nsc(NC2CCOC2c2ccc(F)c(F)c2)n1. The van der Waals surface area contributed by atoms with Crippen molar-refractivity contribution in [2.24, 2.45) is 0 Å². The van der Waals surface area contributed by atoms with Crippen LogP contribution in [0.2, 0.25) is 0 Å². The first-order chi connectivity index (χ1) is 10.7. The lowest BCUT2D eigenvalue weighted by molar-refractivity contribution is 0.107. The lowest BCUT2D eigenvalue weighted by Gasteiger charge is -2.19. The van der Waals surface area contributed by atoms with Gasteiger partial charge in [0.1, 0.15) is 12.7 Å². The van der Waals surface area contributed by atoms with E-state index in [4.69, 9.17) is 9.47 Å². The molecular weight excluding hydrogens is 312 g/mol. The van der Waals surface area contributed by atoms with E-state index in [9.17, 15) is 8.78 Å². The van der Waals surface area contributed by atoms with Crippen molar-refractivity contribution in [3.63, 3.8) is 0 Å². The summed E-state index contributed by atoms with van der Waals surface area (Å²) < 4.78 is 41.2. The van der Waals surface area contributed by atoms with Crippen LogP contribution in [0.5, 0.6) is 0 Å². The molecular formula is C14H15F2N3O2S. The van der Waals surface area contributed by atoms with E-state index in [1.54, 1.807) is 13.2 Å². The minimum absolute atomic E-state index is 0.0618. The number of halogens is 2. The summed E-state index contributed by atoms with van der Waals surface area (Å²) in [5, 5.41) is 3.91. The molecule has 0 saturated carbocycles. The van der Waals surface area contributed by atoms with Gasteiger partial charge in [-0.1, -0.05) is 6.07 Å². The van der Waals surface area contributed by atoms with Gasteiger partial charge in [0.25, 0.3) is 0 Å². The molecule has 1 saturated heterocycles. The Morgan fingerprint density at radius 3 is 3.05 bits per heavy atom. The third-order valence-electron chi connectivity index (χ3n) is 3.41. The fourth-order valence-electron chi connectivity index (χ4n) is 2.41. The van der Waals surface area contributed by atoms with Crippen LogP contribution in [0.25, 0.3) is 0 Å². The molecule has 2 atom stereocenters. The third kappa shape index (κ3) is 3.23. The zero-order valence-electron chi connectivity index (χ0n) is 11.9. The Balaban J connectivity index is 1.73. The lowest BCUT2D eigenvalue weighted by atomic mass is 10.0. The molecule has 0 bridgehead atoms. The molecule has 118 valence electrons. The van der Waals surface area contributed by atoms with E-state index >= 15 is 0 Å². The number of benzene rings is 1. The maximum Gasteiger partial charge on any atom is 0.202 e. The third-order valence-corrected chi connectivity index (χ3v) is 4.10. The number of ether oxygens (including phenoxy) is 2. The molecule has 1 aliphatic rings. The first kappa shape index (κ1) is 15.3. The van der Waals surface area contributed by atoms with E-state index in [-0.39, 0.29) is 12.1 Å². The van der Waals surface area contributed by atoms with Crippen molar-refractivity contribution in [1.82, 2.24) is 9.36 Å². The molecule has 0 amide bonds. The largest absolute Gasteiger partial charge is 0.377 e. The highest BCUT2D eigenvalue weighted by atomic mass is 32.1. The molecule has 5 nitrogen and oxygen atoms in total. The number of hydrogen-bond acceptors (Lipinski definition) is 6. The van der Waals surface area contributed by atoms with E-state index in [1.807, 2.05) is 0 Å². The summed E-state index contributed by atoms with van der Waals surface area (Å²) in [4.78, 5) is 4.30. The van der Waals surface area contributed by atoms with Gasteiger partial charge in [-0.3, -0.25) is 0 Å². The van der Waals surface area contributed by atoms with Crippen molar-refractivity contribution in [3.8, 4) is 0 Å². The van der Waals surface area contributed by atoms with E-state index in [2.05, 4.69) is 14.7 Å². The van der Waals surface area contributed by atoms with Crippen LogP contribution >= 0.6 is 11.5 Å². The molecule has 0 spiro atoms. The number of aromatic nitrogens is 2. The summed E-state index contributed by atoms with van der Waals surface area (Å²) in [7, 11) is 1.58. The average Bonchev–Trinajstić information content (AvgIpc) is 3.13. The topological polar surface area (TPSA) is 56.3 Å². The second-order valence-electron chi connectivity index (χ2n) is 4.95. The minimum atomic E-state index is -0.870. The maximum atomic E-state index is 13.4. The van der Waals surface area contributed by atoms with Gasteiger partial charge in [-0.25, -0.2) is 13.8 Å². The molecule has 1 N–H and O–H groups in total. The van der Waals surface area contributed by atoms with Crippen molar-refractivity contribution < 1.29 is 18.3 Å². The number of anilines is 1. The summed E-state index contributed by atoms with van der Waals surface area (Å²) in [6.07, 6.45) is 0.410. The number of nitrogens with zero attached hydrogens (tertiary/aromatic N) is 2.